The maximum absolute atomic E-state index is 12.8. The van der Waals surface area contributed by atoms with Gasteiger partial charge in [0.15, 0.2) is 5.75 Å². The number of aromatic nitrogens is 3. The van der Waals surface area contributed by atoms with Gasteiger partial charge in [-0.3, -0.25) is 0 Å². The Bertz CT molecular complexity index is 1040. The molecular formula is C11H9N5O6S2. The lowest BCUT2D eigenvalue weighted by molar-refractivity contribution is 0.252. The minimum absolute atomic E-state index is 0.129. The van der Waals surface area contributed by atoms with Crippen molar-refractivity contribution in [2.24, 2.45) is 5.73 Å². The van der Waals surface area contributed by atoms with Crippen molar-refractivity contribution in [2.45, 2.75) is 4.90 Å². The third-order valence-electron chi connectivity index (χ3n) is 2.91. The zero-order chi connectivity index (χ0) is 17.5. The highest BCUT2D eigenvalue weighted by Crippen LogP contribution is 2.34. The topological polar surface area (TPSA) is 155 Å². The average molecular weight is 371 g/mol. The number of primary amides is 1. The lowest BCUT2D eigenvalue weighted by Crippen LogP contribution is -2.48. The summed E-state index contributed by atoms with van der Waals surface area (Å²) in [4.78, 5) is 11.7. The van der Waals surface area contributed by atoms with Crippen LogP contribution in [0.4, 0.5) is 4.79 Å². The number of para-hydroxylation sites is 1. The number of fused-ring (bicyclic) bond motifs is 1. The van der Waals surface area contributed by atoms with Gasteiger partial charge in [0.1, 0.15) is 4.90 Å². The van der Waals surface area contributed by atoms with E-state index in [1.807, 2.05) is 0 Å². The maximum Gasteiger partial charge on any atom is 0.350 e. The second-order valence-corrected chi connectivity index (χ2v) is 7.62. The third kappa shape index (κ3) is 2.59. The van der Waals surface area contributed by atoms with E-state index >= 15 is 0 Å². The lowest BCUT2D eigenvalue weighted by Gasteiger charge is -2.21. The fraction of sp³-hybridized carbons (Fsp3) is 0. The number of nitrogens with zero attached hydrogens (tertiary/aromatic N) is 4. The van der Waals surface area contributed by atoms with Crippen LogP contribution in [-0.4, -0.2) is 38.0 Å². The Labute approximate surface area is 136 Å². The van der Waals surface area contributed by atoms with E-state index in [2.05, 4.69) is 10.3 Å². The van der Waals surface area contributed by atoms with Crippen molar-refractivity contribution in [1.82, 2.24) is 15.1 Å². The Morgan fingerprint density at radius 1 is 1.33 bits per heavy atom. The highest BCUT2D eigenvalue weighted by molar-refractivity contribution is 7.93. The van der Waals surface area contributed by atoms with Gasteiger partial charge in [-0.05, 0) is 17.4 Å². The van der Waals surface area contributed by atoms with Crippen molar-refractivity contribution in [1.29, 1.82) is 0 Å². The molecule has 3 rings (SSSR count). The molecule has 1 aliphatic heterocycles. The molecule has 0 fully saturated rings. The predicted molar refractivity (Wildman–Crippen MR) is 80.0 cm³/mol. The predicted octanol–water partition coefficient (Wildman–Crippen LogP) is -0.623. The first-order valence-corrected chi connectivity index (χ1v) is 9.10. The molecule has 0 atom stereocenters. The van der Waals surface area contributed by atoms with Crippen LogP contribution >= 0.6 is 0 Å². The Morgan fingerprint density at radius 3 is 2.71 bits per heavy atom. The van der Waals surface area contributed by atoms with Gasteiger partial charge in [-0.1, -0.05) is 16.5 Å². The fourth-order valence-electron chi connectivity index (χ4n) is 1.98. The molecule has 2 amide bonds. The van der Waals surface area contributed by atoms with Gasteiger partial charge >= 0.3 is 16.1 Å². The highest BCUT2D eigenvalue weighted by atomic mass is 32.2. The molecule has 2 N–H and O–H groups in total. The van der Waals surface area contributed by atoms with E-state index in [1.165, 1.54) is 18.2 Å². The fourth-order valence-corrected chi connectivity index (χ4v) is 4.19. The molecule has 24 heavy (non-hydrogen) atoms. The number of carbonyl (C=O) groups is 1. The van der Waals surface area contributed by atoms with E-state index in [-0.39, 0.29) is 9.98 Å². The van der Waals surface area contributed by atoms with Crippen LogP contribution in [0.15, 0.2) is 40.9 Å². The van der Waals surface area contributed by atoms with Gasteiger partial charge in [0.2, 0.25) is 0 Å². The summed E-state index contributed by atoms with van der Waals surface area (Å²) in [5.74, 6) is -0.439. The molecule has 11 nitrogen and oxygen atoms in total. The largest absolute Gasteiger partial charge is 0.377 e. The maximum atomic E-state index is 12.8. The number of nitrogens with two attached hydrogens (primary N) is 1. The van der Waals surface area contributed by atoms with Gasteiger partial charge in [-0.2, -0.15) is 16.8 Å². The molecule has 126 valence electrons. The number of urea groups is 1. The zero-order valence-corrected chi connectivity index (χ0v) is 13.3. The van der Waals surface area contributed by atoms with Crippen LogP contribution in [0.25, 0.3) is 6.08 Å². The normalized spacial score (nSPS) is 15.3. The summed E-state index contributed by atoms with van der Waals surface area (Å²) >= 11 is 0. The number of carbonyl (C=O) groups excluding carboxylic acids is 1. The molecule has 13 heteroatoms. The third-order valence-corrected chi connectivity index (χ3v) is 5.46. The van der Waals surface area contributed by atoms with Crippen molar-refractivity contribution in [2.75, 3.05) is 4.41 Å². The minimum atomic E-state index is -4.62. The van der Waals surface area contributed by atoms with Crippen molar-refractivity contribution < 1.29 is 25.8 Å². The smallest absolute Gasteiger partial charge is 0.350 e. The molecule has 0 bridgehead atoms. The monoisotopic (exact) mass is 371 g/mol. The molecule has 0 aliphatic carbocycles. The van der Waals surface area contributed by atoms with Gasteiger partial charge in [0, 0.05) is 5.56 Å². The summed E-state index contributed by atoms with van der Waals surface area (Å²) in [6.07, 6.45) is 3.39. The van der Waals surface area contributed by atoms with Gasteiger partial charge in [-0.15, -0.1) is 9.89 Å². The van der Waals surface area contributed by atoms with E-state index in [9.17, 15) is 21.6 Å². The molecule has 2 heterocycles. The van der Waals surface area contributed by atoms with E-state index in [4.69, 9.17) is 9.92 Å². The second-order valence-electron chi connectivity index (χ2n) is 4.46. The van der Waals surface area contributed by atoms with Gasteiger partial charge in [0.05, 0.1) is 17.8 Å². The molecule has 0 saturated carbocycles. The lowest BCUT2D eigenvalue weighted by atomic mass is 10.2. The number of rotatable bonds is 3. The summed E-state index contributed by atoms with van der Waals surface area (Å²) in [7, 11) is -8.71. The first-order chi connectivity index (χ1) is 11.2. The Morgan fingerprint density at radius 2 is 2.08 bits per heavy atom. The minimum Gasteiger partial charge on any atom is -0.377 e. The summed E-state index contributed by atoms with van der Waals surface area (Å²) in [6.45, 7) is 0. The van der Waals surface area contributed by atoms with Crippen molar-refractivity contribution in [3.63, 3.8) is 0 Å². The van der Waals surface area contributed by atoms with E-state index in [1.54, 1.807) is 0 Å². The van der Waals surface area contributed by atoms with Crippen LogP contribution in [0, 0.1) is 0 Å². The van der Waals surface area contributed by atoms with Crippen molar-refractivity contribution in [3.8, 4) is 5.75 Å². The van der Waals surface area contributed by atoms with E-state index in [0.29, 0.717) is 4.79 Å². The standard InChI is InChI=1S/C11H9N5O6S2/c12-11(17)16(15-6-5-13-14-15)24(20,21)9-3-1-2-8-4-7-23(18,19)22-10(8)9/h1-7H,(H2,12,17). The zero-order valence-electron chi connectivity index (χ0n) is 11.7. The van der Waals surface area contributed by atoms with Crippen LogP contribution in [-0.2, 0) is 20.1 Å². The first-order valence-electron chi connectivity index (χ1n) is 6.19. The molecule has 0 saturated heterocycles. The number of amides is 2. The summed E-state index contributed by atoms with van der Waals surface area (Å²) < 4.78 is 53.7. The van der Waals surface area contributed by atoms with Crippen molar-refractivity contribution in [3.05, 3.63) is 41.6 Å². The highest BCUT2D eigenvalue weighted by Gasteiger charge is 2.35. The van der Waals surface area contributed by atoms with Gasteiger partial charge < -0.3 is 9.92 Å². The van der Waals surface area contributed by atoms with Gasteiger partial charge in [0.25, 0.3) is 10.0 Å². The second kappa shape index (κ2) is 5.31. The molecular weight excluding hydrogens is 362 g/mol. The van der Waals surface area contributed by atoms with E-state index in [0.717, 1.165) is 23.9 Å². The summed E-state index contributed by atoms with van der Waals surface area (Å²) in [5, 5.41) is 7.60. The van der Waals surface area contributed by atoms with Crippen LogP contribution in [0.3, 0.4) is 0 Å². The molecule has 1 aliphatic rings. The van der Waals surface area contributed by atoms with Crippen molar-refractivity contribution >= 4 is 32.2 Å². The molecule has 0 radical (unpaired) electrons. The number of benzene rings is 1. The Hall–Kier alpha value is -2.93. The molecule has 0 spiro atoms. The SMILES string of the molecule is NC(=O)N(n1ccnn1)S(=O)(=O)c1cccc2c1OS(=O)(=O)C=C2. The Balaban J connectivity index is 2.22. The van der Waals surface area contributed by atoms with Crippen LogP contribution in [0.5, 0.6) is 5.75 Å². The van der Waals surface area contributed by atoms with Crippen LogP contribution in [0.2, 0.25) is 0 Å². The Kier molecular flexibility index (Phi) is 3.53. The molecule has 1 aromatic carbocycles. The first kappa shape index (κ1) is 15.9. The summed E-state index contributed by atoms with van der Waals surface area (Å²) in [6, 6.07) is 2.52. The number of hydrogen-bond acceptors (Lipinski definition) is 8. The van der Waals surface area contributed by atoms with Crippen LogP contribution in [0.1, 0.15) is 5.56 Å². The average Bonchev–Trinajstić information content (AvgIpc) is 2.98. The van der Waals surface area contributed by atoms with Crippen LogP contribution < -0.4 is 14.3 Å². The number of sulfonamides is 1. The number of hydrogen-bond donors (Lipinski definition) is 1. The van der Waals surface area contributed by atoms with E-state index < -0.39 is 36.8 Å². The van der Waals surface area contributed by atoms with Gasteiger partial charge in [-0.25, -0.2) is 4.79 Å². The quantitative estimate of drug-likeness (QED) is 0.700. The molecule has 0 unspecified atom stereocenters. The molecule has 1 aromatic heterocycles. The summed E-state index contributed by atoms with van der Waals surface area (Å²) in [5.41, 5.74) is 5.33. The molecule has 2 aromatic rings.